The number of anilines is 1. The lowest BCUT2D eigenvalue weighted by atomic mass is 10.1. The number of hydrogen-bond donors (Lipinski definition) is 1. The molecule has 0 saturated heterocycles. The van der Waals surface area contributed by atoms with E-state index in [1.165, 1.54) is 0 Å². The van der Waals surface area contributed by atoms with Crippen molar-refractivity contribution in [2.75, 3.05) is 11.9 Å². The molecule has 0 aliphatic rings. The zero-order valence-electron chi connectivity index (χ0n) is 12.2. The number of esters is 1. The summed E-state index contributed by atoms with van der Waals surface area (Å²) < 4.78 is 4.99. The van der Waals surface area contributed by atoms with Gasteiger partial charge in [-0.05, 0) is 35.7 Å². The molecule has 0 bridgehead atoms. The molecule has 0 fully saturated rings. The highest BCUT2D eigenvalue weighted by Crippen LogP contribution is 2.17. The number of aromatic nitrogens is 1. The Labute approximate surface area is 132 Å². The van der Waals surface area contributed by atoms with E-state index in [-0.39, 0.29) is 12.5 Å². The molecule has 0 radical (unpaired) electrons. The van der Waals surface area contributed by atoms with Crippen LogP contribution in [-0.2, 0) is 9.53 Å². The summed E-state index contributed by atoms with van der Waals surface area (Å²) in [4.78, 5) is 27.7. The number of nitrogens with one attached hydrogen (secondary N) is 1. The van der Waals surface area contributed by atoms with Crippen LogP contribution in [0.25, 0.3) is 10.8 Å². The molecule has 5 nitrogen and oxygen atoms in total. The van der Waals surface area contributed by atoms with Crippen LogP contribution in [0.1, 0.15) is 10.4 Å². The van der Waals surface area contributed by atoms with E-state index >= 15 is 0 Å². The number of fused-ring (bicyclic) bond motifs is 1. The highest BCUT2D eigenvalue weighted by atomic mass is 16.5. The van der Waals surface area contributed by atoms with Gasteiger partial charge < -0.3 is 10.1 Å². The van der Waals surface area contributed by atoms with Crippen molar-refractivity contribution in [3.8, 4) is 0 Å². The first-order valence-corrected chi connectivity index (χ1v) is 7.08. The summed E-state index contributed by atoms with van der Waals surface area (Å²) in [5, 5.41) is 4.66. The fourth-order valence-electron chi connectivity index (χ4n) is 2.15. The molecule has 0 unspecified atom stereocenters. The second kappa shape index (κ2) is 6.70. The largest absolute Gasteiger partial charge is 0.452 e. The van der Waals surface area contributed by atoms with Crippen LogP contribution >= 0.6 is 0 Å². The molecule has 0 saturated carbocycles. The SMILES string of the molecule is O=C(COC(=O)c1ccccc1)Nc1ccc2cnccc2c1. The van der Waals surface area contributed by atoms with Gasteiger partial charge in [-0.3, -0.25) is 9.78 Å². The van der Waals surface area contributed by atoms with E-state index < -0.39 is 5.97 Å². The van der Waals surface area contributed by atoms with Crippen molar-refractivity contribution in [2.24, 2.45) is 0 Å². The quantitative estimate of drug-likeness (QED) is 0.752. The van der Waals surface area contributed by atoms with Crippen molar-refractivity contribution in [1.82, 2.24) is 4.98 Å². The Morgan fingerprint density at radius 2 is 1.83 bits per heavy atom. The molecule has 0 atom stereocenters. The van der Waals surface area contributed by atoms with E-state index in [0.717, 1.165) is 10.8 Å². The molecule has 23 heavy (non-hydrogen) atoms. The lowest BCUT2D eigenvalue weighted by Crippen LogP contribution is -2.20. The molecule has 114 valence electrons. The minimum absolute atomic E-state index is 0.331. The summed E-state index contributed by atoms with van der Waals surface area (Å²) in [7, 11) is 0. The molecule has 2 aromatic carbocycles. The van der Waals surface area contributed by atoms with Gasteiger partial charge in [0.05, 0.1) is 5.56 Å². The number of benzene rings is 2. The Bertz CT molecular complexity index is 847. The third-order valence-corrected chi connectivity index (χ3v) is 3.27. The fraction of sp³-hybridized carbons (Fsp3) is 0.0556. The molecule has 0 aliphatic carbocycles. The second-order valence-electron chi connectivity index (χ2n) is 4.93. The number of carbonyl (C=O) groups is 2. The Hall–Kier alpha value is -3.21. The van der Waals surface area contributed by atoms with Crippen LogP contribution < -0.4 is 5.32 Å². The van der Waals surface area contributed by atoms with Crippen molar-refractivity contribution < 1.29 is 14.3 Å². The maximum absolute atomic E-state index is 11.9. The predicted octanol–water partition coefficient (Wildman–Crippen LogP) is 3.03. The van der Waals surface area contributed by atoms with Crippen molar-refractivity contribution in [2.45, 2.75) is 0 Å². The molecule has 1 aromatic heterocycles. The van der Waals surface area contributed by atoms with Gasteiger partial charge >= 0.3 is 5.97 Å². The maximum atomic E-state index is 11.9. The Morgan fingerprint density at radius 3 is 2.65 bits per heavy atom. The van der Waals surface area contributed by atoms with Gasteiger partial charge in [-0.15, -0.1) is 0 Å². The Balaban J connectivity index is 1.59. The number of hydrogen-bond acceptors (Lipinski definition) is 4. The molecular formula is C18H14N2O3. The summed E-state index contributed by atoms with van der Waals surface area (Å²) in [5.41, 5.74) is 1.06. The smallest absolute Gasteiger partial charge is 0.338 e. The van der Waals surface area contributed by atoms with Gasteiger partial charge in [-0.2, -0.15) is 0 Å². The van der Waals surface area contributed by atoms with Crippen LogP contribution in [0.2, 0.25) is 0 Å². The standard InChI is InChI=1S/C18H14N2O3/c21-17(12-23-18(22)13-4-2-1-3-5-13)20-16-7-6-15-11-19-9-8-14(15)10-16/h1-11H,12H2,(H,20,21). The topological polar surface area (TPSA) is 68.3 Å². The van der Waals surface area contributed by atoms with Crippen molar-refractivity contribution in [3.05, 3.63) is 72.6 Å². The Kier molecular flexibility index (Phi) is 4.29. The van der Waals surface area contributed by atoms with E-state index in [2.05, 4.69) is 10.3 Å². The summed E-state index contributed by atoms with van der Waals surface area (Å²) in [6.45, 7) is -0.331. The van der Waals surface area contributed by atoms with Crippen molar-refractivity contribution >= 4 is 28.3 Å². The van der Waals surface area contributed by atoms with Crippen LogP contribution in [0, 0.1) is 0 Å². The van der Waals surface area contributed by atoms with Gasteiger partial charge in [-0.25, -0.2) is 4.79 Å². The molecule has 3 aromatic rings. The summed E-state index contributed by atoms with van der Waals surface area (Å²) in [6, 6.07) is 15.9. The average Bonchev–Trinajstić information content (AvgIpc) is 2.60. The van der Waals surface area contributed by atoms with Gasteiger partial charge in [0.1, 0.15) is 0 Å². The number of carbonyl (C=O) groups excluding carboxylic acids is 2. The fourth-order valence-corrected chi connectivity index (χ4v) is 2.15. The van der Waals surface area contributed by atoms with Crippen LogP contribution in [-0.4, -0.2) is 23.5 Å². The van der Waals surface area contributed by atoms with Gasteiger partial charge in [0.25, 0.3) is 5.91 Å². The monoisotopic (exact) mass is 306 g/mol. The Morgan fingerprint density at radius 1 is 1.00 bits per heavy atom. The van der Waals surface area contributed by atoms with Crippen LogP contribution in [0.5, 0.6) is 0 Å². The summed E-state index contributed by atoms with van der Waals surface area (Å²) >= 11 is 0. The molecule has 1 N–H and O–H groups in total. The molecule has 1 amide bonds. The van der Waals surface area contributed by atoms with Crippen LogP contribution in [0.4, 0.5) is 5.69 Å². The normalized spacial score (nSPS) is 10.3. The average molecular weight is 306 g/mol. The van der Waals surface area contributed by atoms with E-state index in [9.17, 15) is 9.59 Å². The number of rotatable bonds is 4. The van der Waals surface area contributed by atoms with Gasteiger partial charge in [0, 0.05) is 23.5 Å². The third kappa shape index (κ3) is 3.71. The molecule has 0 spiro atoms. The predicted molar refractivity (Wildman–Crippen MR) is 87.1 cm³/mol. The lowest BCUT2D eigenvalue weighted by Gasteiger charge is -2.07. The van der Waals surface area contributed by atoms with Crippen LogP contribution in [0.15, 0.2) is 67.0 Å². The van der Waals surface area contributed by atoms with E-state index in [1.54, 1.807) is 48.8 Å². The lowest BCUT2D eigenvalue weighted by molar-refractivity contribution is -0.119. The van der Waals surface area contributed by atoms with E-state index in [4.69, 9.17) is 4.74 Å². The summed E-state index contributed by atoms with van der Waals surface area (Å²) in [6.07, 6.45) is 3.44. The highest BCUT2D eigenvalue weighted by Gasteiger charge is 2.10. The van der Waals surface area contributed by atoms with Crippen LogP contribution in [0.3, 0.4) is 0 Å². The van der Waals surface area contributed by atoms with E-state index in [0.29, 0.717) is 11.3 Å². The molecular weight excluding hydrogens is 292 g/mol. The highest BCUT2D eigenvalue weighted by molar-refractivity contribution is 5.97. The minimum atomic E-state index is -0.523. The second-order valence-corrected chi connectivity index (χ2v) is 4.93. The van der Waals surface area contributed by atoms with Gasteiger partial charge in [0.15, 0.2) is 6.61 Å². The number of amides is 1. The number of ether oxygens (including phenoxy) is 1. The molecule has 5 heteroatoms. The first kappa shape index (κ1) is 14.7. The van der Waals surface area contributed by atoms with Crippen molar-refractivity contribution in [3.63, 3.8) is 0 Å². The maximum Gasteiger partial charge on any atom is 0.338 e. The molecule has 1 heterocycles. The molecule has 0 aliphatic heterocycles. The van der Waals surface area contributed by atoms with Gasteiger partial charge in [-0.1, -0.05) is 24.3 Å². The summed E-state index contributed by atoms with van der Waals surface area (Å²) in [5.74, 6) is -0.909. The zero-order chi connectivity index (χ0) is 16.1. The third-order valence-electron chi connectivity index (χ3n) is 3.27. The number of nitrogens with zero attached hydrogens (tertiary/aromatic N) is 1. The van der Waals surface area contributed by atoms with Gasteiger partial charge in [0.2, 0.25) is 0 Å². The first-order valence-electron chi connectivity index (χ1n) is 7.08. The zero-order valence-corrected chi connectivity index (χ0v) is 12.2. The number of pyridine rings is 1. The van der Waals surface area contributed by atoms with Crippen molar-refractivity contribution in [1.29, 1.82) is 0 Å². The van der Waals surface area contributed by atoms with E-state index in [1.807, 2.05) is 18.2 Å². The first-order chi connectivity index (χ1) is 11.2. The molecule has 3 rings (SSSR count). The minimum Gasteiger partial charge on any atom is -0.452 e.